The van der Waals surface area contributed by atoms with Crippen LogP contribution < -0.4 is 5.32 Å². The number of carboxylic acid groups (broad SMARTS) is 1. The molecule has 0 fully saturated rings. The maximum absolute atomic E-state index is 13.1. The van der Waals surface area contributed by atoms with Crippen molar-refractivity contribution in [1.82, 2.24) is 0 Å². The molecule has 0 bridgehead atoms. The minimum atomic E-state index is -0.960. The normalized spacial score (nSPS) is 22.2. The smallest absolute Gasteiger partial charge is 0.341 e. The SMILES string of the molecule is CCOC(=O)c1c(NC(=O)C2CC=CCC2C(=O)O)sc2c1CCCCCCCCCC2. The zero-order chi connectivity index (χ0) is 22.9. The molecule has 2 aliphatic carbocycles. The Kier molecular flexibility index (Phi) is 9.33. The van der Waals surface area contributed by atoms with Gasteiger partial charge in [0, 0.05) is 4.88 Å². The van der Waals surface area contributed by atoms with E-state index in [0.717, 1.165) is 42.5 Å². The Morgan fingerprint density at radius 3 is 2.19 bits per heavy atom. The van der Waals surface area contributed by atoms with Gasteiger partial charge in [-0.25, -0.2) is 4.79 Å². The first-order valence-electron chi connectivity index (χ1n) is 12.0. The first-order chi connectivity index (χ1) is 15.5. The summed E-state index contributed by atoms with van der Waals surface area (Å²) in [6.45, 7) is 2.05. The number of aliphatic carboxylic acids is 1. The summed E-state index contributed by atoms with van der Waals surface area (Å²) in [6.07, 6.45) is 15.5. The number of ether oxygens (including phenoxy) is 1. The molecule has 0 spiro atoms. The van der Waals surface area contributed by atoms with E-state index in [0.29, 0.717) is 23.4 Å². The maximum Gasteiger partial charge on any atom is 0.341 e. The fourth-order valence-electron chi connectivity index (χ4n) is 4.72. The Bertz CT molecular complexity index is 844. The van der Waals surface area contributed by atoms with Crippen LogP contribution in [0.4, 0.5) is 5.00 Å². The monoisotopic (exact) mass is 461 g/mol. The topological polar surface area (TPSA) is 92.7 Å². The van der Waals surface area contributed by atoms with Crippen molar-refractivity contribution in [2.24, 2.45) is 11.8 Å². The number of hydrogen-bond donors (Lipinski definition) is 2. The van der Waals surface area contributed by atoms with Crippen LogP contribution >= 0.6 is 11.3 Å². The summed E-state index contributed by atoms with van der Waals surface area (Å²) in [5.41, 5.74) is 1.50. The van der Waals surface area contributed by atoms with E-state index in [9.17, 15) is 19.5 Å². The molecule has 0 saturated carbocycles. The molecule has 0 aromatic carbocycles. The first kappa shape index (κ1) is 24.5. The highest BCUT2D eigenvalue weighted by Gasteiger charge is 2.35. The number of allylic oxidation sites excluding steroid dienone is 2. The van der Waals surface area contributed by atoms with E-state index in [2.05, 4.69) is 5.32 Å². The molecule has 3 rings (SSSR count). The minimum absolute atomic E-state index is 0.269. The van der Waals surface area contributed by atoms with E-state index < -0.39 is 23.8 Å². The van der Waals surface area contributed by atoms with E-state index in [4.69, 9.17) is 4.74 Å². The molecular weight excluding hydrogens is 426 g/mol. The Morgan fingerprint density at radius 2 is 1.56 bits per heavy atom. The van der Waals surface area contributed by atoms with Crippen molar-refractivity contribution in [3.05, 3.63) is 28.2 Å². The number of nitrogens with one attached hydrogen (secondary N) is 1. The third-order valence-electron chi connectivity index (χ3n) is 6.47. The lowest BCUT2D eigenvalue weighted by atomic mass is 9.82. The number of esters is 1. The van der Waals surface area contributed by atoms with Gasteiger partial charge in [0.15, 0.2) is 0 Å². The largest absolute Gasteiger partial charge is 0.481 e. The summed E-state index contributed by atoms with van der Waals surface area (Å²) in [5, 5.41) is 13.0. The first-order valence-corrected chi connectivity index (χ1v) is 12.8. The van der Waals surface area contributed by atoms with Gasteiger partial charge in [-0.05, 0) is 51.0 Å². The average molecular weight is 462 g/mol. The van der Waals surface area contributed by atoms with E-state index in [1.54, 1.807) is 6.92 Å². The molecule has 6 nitrogen and oxygen atoms in total. The number of carboxylic acids is 1. The number of carbonyl (C=O) groups is 3. The second-order valence-electron chi connectivity index (χ2n) is 8.74. The van der Waals surface area contributed by atoms with Gasteiger partial charge in [0.2, 0.25) is 5.91 Å². The summed E-state index contributed by atoms with van der Waals surface area (Å²) in [7, 11) is 0. The van der Waals surface area contributed by atoms with Crippen LogP contribution in [0.1, 0.15) is 91.9 Å². The van der Waals surface area contributed by atoms with Crippen molar-refractivity contribution in [3.8, 4) is 0 Å². The molecule has 2 N–H and O–H groups in total. The number of anilines is 1. The van der Waals surface area contributed by atoms with Crippen molar-refractivity contribution in [2.45, 2.75) is 84.0 Å². The third kappa shape index (κ3) is 6.21. The van der Waals surface area contributed by atoms with E-state index in [1.165, 1.54) is 43.4 Å². The van der Waals surface area contributed by atoms with Gasteiger partial charge in [0.25, 0.3) is 0 Å². The van der Waals surface area contributed by atoms with Crippen molar-refractivity contribution in [1.29, 1.82) is 0 Å². The highest BCUT2D eigenvalue weighted by Crippen LogP contribution is 2.38. The van der Waals surface area contributed by atoms with Crippen LogP contribution in [0, 0.1) is 11.8 Å². The number of rotatable bonds is 5. The zero-order valence-corrected chi connectivity index (χ0v) is 19.8. The summed E-state index contributed by atoms with van der Waals surface area (Å²) in [6, 6.07) is 0. The molecule has 7 heteroatoms. The van der Waals surface area contributed by atoms with Crippen molar-refractivity contribution < 1.29 is 24.2 Å². The second-order valence-corrected chi connectivity index (χ2v) is 9.85. The van der Waals surface area contributed by atoms with Crippen LogP contribution in [0.3, 0.4) is 0 Å². The van der Waals surface area contributed by atoms with Gasteiger partial charge < -0.3 is 15.2 Å². The standard InChI is InChI=1S/C25H35NO5S/c1-2-31-25(30)21-19-15-9-7-5-3-4-6-8-10-16-20(19)32-23(21)26-22(27)17-13-11-12-14-18(17)24(28)29/h11-12,17-18H,2-10,13-16H2,1H3,(H,26,27)(H,28,29). The number of aryl methyl sites for hydroxylation is 1. The molecule has 2 unspecified atom stereocenters. The maximum atomic E-state index is 13.1. The molecule has 32 heavy (non-hydrogen) atoms. The van der Waals surface area contributed by atoms with Gasteiger partial charge in [-0.1, -0.05) is 50.7 Å². The summed E-state index contributed by atoms with van der Waals surface area (Å²) in [5.74, 6) is -3.07. The molecular formula is C25H35NO5S. The molecule has 1 heterocycles. The van der Waals surface area contributed by atoms with Crippen molar-refractivity contribution in [2.75, 3.05) is 11.9 Å². The Morgan fingerprint density at radius 1 is 0.969 bits per heavy atom. The van der Waals surface area contributed by atoms with Crippen LogP contribution in [-0.4, -0.2) is 29.6 Å². The molecule has 1 aromatic rings. The Labute approximate surface area is 194 Å². The average Bonchev–Trinajstić information content (AvgIpc) is 3.10. The van der Waals surface area contributed by atoms with Crippen LogP contribution in [0.5, 0.6) is 0 Å². The van der Waals surface area contributed by atoms with E-state index >= 15 is 0 Å². The molecule has 0 saturated heterocycles. The minimum Gasteiger partial charge on any atom is -0.481 e. The van der Waals surface area contributed by atoms with Gasteiger partial charge in [0.05, 0.1) is 24.0 Å². The zero-order valence-electron chi connectivity index (χ0n) is 19.0. The quantitative estimate of drug-likeness (QED) is 0.430. The van der Waals surface area contributed by atoms with Crippen molar-refractivity contribution >= 4 is 34.2 Å². The van der Waals surface area contributed by atoms with E-state index in [-0.39, 0.29) is 12.5 Å². The summed E-state index contributed by atoms with van der Waals surface area (Å²) < 4.78 is 5.36. The molecule has 2 aliphatic rings. The van der Waals surface area contributed by atoms with Crippen molar-refractivity contribution in [3.63, 3.8) is 0 Å². The highest BCUT2D eigenvalue weighted by atomic mass is 32.1. The lowest BCUT2D eigenvalue weighted by molar-refractivity contribution is -0.146. The summed E-state index contributed by atoms with van der Waals surface area (Å²) >= 11 is 1.47. The van der Waals surface area contributed by atoms with Crippen LogP contribution in [0.2, 0.25) is 0 Å². The number of carbonyl (C=O) groups excluding carboxylic acids is 2. The summed E-state index contributed by atoms with van der Waals surface area (Å²) in [4.78, 5) is 38.9. The second kappa shape index (κ2) is 12.2. The Hall–Kier alpha value is -2.15. The predicted molar refractivity (Wildman–Crippen MR) is 126 cm³/mol. The van der Waals surface area contributed by atoms with Gasteiger partial charge in [-0.3, -0.25) is 9.59 Å². The molecule has 0 aliphatic heterocycles. The molecule has 176 valence electrons. The molecule has 1 amide bonds. The lowest BCUT2D eigenvalue weighted by Crippen LogP contribution is -2.34. The fourth-order valence-corrected chi connectivity index (χ4v) is 6.00. The van der Waals surface area contributed by atoms with Gasteiger partial charge >= 0.3 is 11.9 Å². The fraction of sp³-hybridized carbons (Fsp3) is 0.640. The van der Waals surface area contributed by atoms with Crippen LogP contribution in [0.15, 0.2) is 12.2 Å². The van der Waals surface area contributed by atoms with Gasteiger partial charge in [0.1, 0.15) is 5.00 Å². The van der Waals surface area contributed by atoms with Crippen LogP contribution in [-0.2, 0) is 27.2 Å². The van der Waals surface area contributed by atoms with Crippen LogP contribution in [0.25, 0.3) is 0 Å². The number of amides is 1. The number of hydrogen-bond acceptors (Lipinski definition) is 5. The Balaban J connectivity index is 1.90. The highest BCUT2D eigenvalue weighted by molar-refractivity contribution is 7.17. The number of thiophene rings is 1. The third-order valence-corrected chi connectivity index (χ3v) is 7.68. The lowest BCUT2D eigenvalue weighted by Gasteiger charge is -2.24. The number of fused-ring (bicyclic) bond motifs is 1. The predicted octanol–water partition coefficient (Wildman–Crippen LogP) is 5.75. The van der Waals surface area contributed by atoms with Gasteiger partial charge in [-0.2, -0.15) is 0 Å². The van der Waals surface area contributed by atoms with Gasteiger partial charge in [-0.15, -0.1) is 11.3 Å². The van der Waals surface area contributed by atoms with E-state index in [1.807, 2.05) is 12.2 Å². The molecule has 2 atom stereocenters. The molecule has 0 radical (unpaired) electrons. The molecule has 1 aromatic heterocycles.